The summed E-state index contributed by atoms with van der Waals surface area (Å²) in [5.41, 5.74) is -0.711. The molecule has 3 heterocycles. The summed E-state index contributed by atoms with van der Waals surface area (Å²) in [5, 5.41) is 4.15. The van der Waals surface area contributed by atoms with Crippen LogP contribution >= 0.6 is 0 Å². The van der Waals surface area contributed by atoms with Gasteiger partial charge in [0.1, 0.15) is 5.54 Å². The molecule has 1 aromatic rings. The maximum Gasteiger partial charge on any atom is 0.314 e. The zero-order valence-corrected chi connectivity index (χ0v) is 14.6. The smallest absolute Gasteiger partial charge is 0.314 e. The van der Waals surface area contributed by atoms with Crippen LogP contribution in [0.2, 0.25) is 0 Å². The van der Waals surface area contributed by atoms with Crippen LogP contribution in [0.4, 0.5) is 0 Å². The number of carbonyl (C=O) groups is 2. The second-order valence-corrected chi connectivity index (χ2v) is 6.53. The second kappa shape index (κ2) is 6.41. The third-order valence-electron chi connectivity index (χ3n) is 5.03. The molecule has 0 saturated carbocycles. The van der Waals surface area contributed by atoms with Crippen LogP contribution in [-0.4, -0.2) is 68.7 Å². The van der Waals surface area contributed by atoms with Gasteiger partial charge in [0.25, 0.3) is 5.91 Å². The van der Waals surface area contributed by atoms with Crippen LogP contribution in [0, 0.1) is 0 Å². The van der Waals surface area contributed by atoms with Crippen molar-refractivity contribution in [2.45, 2.75) is 44.6 Å². The van der Waals surface area contributed by atoms with Crippen molar-refractivity contribution in [3.63, 3.8) is 0 Å². The maximum atomic E-state index is 13.1. The molecule has 2 fully saturated rings. The monoisotopic (exact) mass is 335 g/mol. The molecule has 2 aliphatic heterocycles. The molecule has 2 saturated heterocycles. The van der Waals surface area contributed by atoms with Gasteiger partial charge in [-0.3, -0.25) is 9.59 Å². The maximum absolute atomic E-state index is 13.1. The molecule has 3 rings (SSSR count). The Kier molecular flexibility index (Phi) is 4.47. The molecule has 1 aromatic heterocycles. The molecular formula is C16H25N5O3. The fourth-order valence-corrected chi connectivity index (χ4v) is 3.96. The van der Waals surface area contributed by atoms with Crippen LogP contribution in [0.3, 0.4) is 0 Å². The Hall–Kier alpha value is -2.12. The summed E-state index contributed by atoms with van der Waals surface area (Å²) in [4.78, 5) is 33.8. The Morgan fingerprint density at radius 3 is 2.62 bits per heavy atom. The minimum Gasteiger partial charge on any atom is -0.467 e. The molecule has 1 atom stereocenters. The van der Waals surface area contributed by atoms with Crippen molar-refractivity contribution in [2.75, 3.05) is 26.7 Å². The average Bonchev–Trinajstić information content (AvgIpc) is 3.16. The van der Waals surface area contributed by atoms with Crippen molar-refractivity contribution in [1.82, 2.24) is 24.6 Å². The molecule has 0 bridgehead atoms. The zero-order chi connectivity index (χ0) is 17.3. The van der Waals surface area contributed by atoms with Gasteiger partial charge in [-0.2, -0.15) is 4.98 Å². The number of rotatable bonds is 4. The number of likely N-dealkylation sites (tertiary alicyclic amines) is 2. The van der Waals surface area contributed by atoms with Crippen molar-refractivity contribution < 1.29 is 14.3 Å². The van der Waals surface area contributed by atoms with Crippen molar-refractivity contribution in [1.29, 1.82) is 0 Å². The number of hydrogen-bond acceptors (Lipinski definition) is 5. The molecule has 8 heteroatoms. The van der Waals surface area contributed by atoms with E-state index in [1.165, 1.54) is 11.8 Å². The highest BCUT2D eigenvalue weighted by Gasteiger charge is 2.53. The molecule has 0 aromatic carbocycles. The number of amides is 2. The number of ether oxygens (including phenoxy) is 1. The minimum absolute atomic E-state index is 0.0874. The van der Waals surface area contributed by atoms with Crippen molar-refractivity contribution in [2.24, 2.45) is 7.05 Å². The summed E-state index contributed by atoms with van der Waals surface area (Å²) in [6.45, 7) is 4.17. The van der Waals surface area contributed by atoms with Gasteiger partial charge in [0, 0.05) is 26.7 Å². The van der Waals surface area contributed by atoms with E-state index in [0.29, 0.717) is 6.54 Å². The average molecular weight is 335 g/mol. The zero-order valence-electron chi connectivity index (χ0n) is 14.6. The fourth-order valence-electron chi connectivity index (χ4n) is 3.96. The molecule has 1 unspecified atom stereocenters. The Morgan fingerprint density at radius 2 is 2.00 bits per heavy atom. The van der Waals surface area contributed by atoms with Crippen molar-refractivity contribution in [3.8, 4) is 6.01 Å². The van der Waals surface area contributed by atoms with E-state index in [-0.39, 0.29) is 23.6 Å². The Labute approximate surface area is 141 Å². The van der Waals surface area contributed by atoms with Gasteiger partial charge < -0.3 is 14.5 Å². The molecule has 1 spiro atoms. The fraction of sp³-hybridized carbons (Fsp3) is 0.750. The first-order valence-electron chi connectivity index (χ1n) is 8.60. The van der Waals surface area contributed by atoms with Crippen molar-refractivity contribution in [3.05, 3.63) is 5.82 Å². The lowest BCUT2D eigenvalue weighted by molar-refractivity contribution is -0.145. The highest BCUT2D eigenvalue weighted by Crippen LogP contribution is 2.39. The predicted molar refractivity (Wildman–Crippen MR) is 86.7 cm³/mol. The normalized spacial score (nSPS) is 24.0. The summed E-state index contributed by atoms with van der Waals surface area (Å²) < 4.78 is 6.52. The van der Waals surface area contributed by atoms with Crippen LogP contribution in [0.25, 0.3) is 0 Å². The van der Waals surface area contributed by atoms with Gasteiger partial charge in [0.15, 0.2) is 0 Å². The largest absolute Gasteiger partial charge is 0.467 e. The van der Waals surface area contributed by atoms with Gasteiger partial charge in [-0.25, -0.2) is 4.68 Å². The summed E-state index contributed by atoms with van der Waals surface area (Å²) >= 11 is 0. The minimum atomic E-state index is -0.711. The summed E-state index contributed by atoms with van der Waals surface area (Å²) in [7, 11) is 3.17. The number of methoxy groups -OCH3 is 1. The van der Waals surface area contributed by atoms with E-state index in [1.54, 1.807) is 11.9 Å². The SMILES string of the molecule is CCCN1CCCC2(CCCN2C(=O)c2nc(OC)n(C)n2)C1=O. The predicted octanol–water partition coefficient (Wildman–Crippen LogP) is 0.831. The molecule has 8 nitrogen and oxygen atoms in total. The molecule has 0 N–H and O–H groups in total. The lowest BCUT2D eigenvalue weighted by atomic mass is 9.85. The van der Waals surface area contributed by atoms with Crippen LogP contribution in [0.15, 0.2) is 0 Å². The van der Waals surface area contributed by atoms with Gasteiger partial charge in [-0.1, -0.05) is 6.92 Å². The van der Waals surface area contributed by atoms with Gasteiger partial charge in [0.05, 0.1) is 7.11 Å². The summed E-state index contributed by atoms with van der Waals surface area (Å²) in [6, 6.07) is 0.286. The molecule has 0 radical (unpaired) electrons. The van der Waals surface area contributed by atoms with E-state index >= 15 is 0 Å². The number of aryl methyl sites for hydroxylation is 1. The first-order chi connectivity index (χ1) is 11.5. The van der Waals surface area contributed by atoms with E-state index in [2.05, 4.69) is 17.0 Å². The Morgan fingerprint density at radius 1 is 1.29 bits per heavy atom. The molecular weight excluding hydrogens is 310 g/mol. The van der Waals surface area contributed by atoms with Crippen LogP contribution in [0.1, 0.15) is 49.6 Å². The quantitative estimate of drug-likeness (QED) is 0.814. The molecule has 24 heavy (non-hydrogen) atoms. The number of nitrogens with zero attached hydrogens (tertiary/aromatic N) is 5. The van der Waals surface area contributed by atoms with E-state index < -0.39 is 5.54 Å². The summed E-state index contributed by atoms with van der Waals surface area (Å²) in [6.07, 6.45) is 4.13. The van der Waals surface area contributed by atoms with E-state index in [9.17, 15) is 9.59 Å². The highest BCUT2D eigenvalue weighted by molar-refractivity contribution is 5.98. The van der Waals surface area contributed by atoms with E-state index in [4.69, 9.17) is 4.74 Å². The molecule has 2 aliphatic rings. The Bertz CT molecular complexity index is 642. The van der Waals surface area contributed by atoms with Crippen LogP contribution in [-0.2, 0) is 11.8 Å². The number of aromatic nitrogens is 3. The molecule has 2 amide bonds. The van der Waals surface area contributed by atoms with Crippen molar-refractivity contribution >= 4 is 11.8 Å². The molecule has 0 aliphatic carbocycles. The number of hydrogen-bond donors (Lipinski definition) is 0. The summed E-state index contributed by atoms with van der Waals surface area (Å²) in [5.74, 6) is -0.0986. The van der Waals surface area contributed by atoms with E-state index in [1.807, 2.05) is 4.90 Å². The van der Waals surface area contributed by atoms with E-state index in [0.717, 1.165) is 45.2 Å². The van der Waals surface area contributed by atoms with Gasteiger partial charge in [-0.15, -0.1) is 5.10 Å². The van der Waals surface area contributed by atoms with Gasteiger partial charge in [-0.05, 0) is 32.1 Å². The standard InChI is InChI=1S/C16H25N5O3/c1-4-9-20-10-5-7-16(14(20)23)8-6-11-21(16)13(22)12-17-15(24-3)19(2)18-12/h4-11H2,1-3H3. The number of piperidine rings is 1. The molecule has 132 valence electrons. The Balaban J connectivity index is 1.89. The highest BCUT2D eigenvalue weighted by atomic mass is 16.5. The topological polar surface area (TPSA) is 80.6 Å². The second-order valence-electron chi connectivity index (χ2n) is 6.53. The third kappa shape index (κ3) is 2.53. The van der Waals surface area contributed by atoms with Gasteiger partial charge >= 0.3 is 6.01 Å². The third-order valence-corrected chi connectivity index (χ3v) is 5.03. The number of carbonyl (C=O) groups excluding carboxylic acids is 2. The lowest BCUT2D eigenvalue weighted by Crippen LogP contribution is -2.61. The first kappa shape index (κ1) is 16.7. The first-order valence-corrected chi connectivity index (χ1v) is 8.60. The lowest BCUT2D eigenvalue weighted by Gasteiger charge is -2.44. The van der Waals surface area contributed by atoms with Gasteiger partial charge in [0.2, 0.25) is 11.7 Å². The van der Waals surface area contributed by atoms with Crippen LogP contribution < -0.4 is 4.74 Å². The van der Waals surface area contributed by atoms with Crippen LogP contribution in [0.5, 0.6) is 6.01 Å².